The monoisotopic (exact) mass is 230 g/mol. The van der Waals surface area contributed by atoms with Crippen molar-refractivity contribution in [2.45, 2.75) is 6.92 Å². The summed E-state index contributed by atoms with van der Waals surface area (Å²) in [6, 6.07) is 7.55. The van der Waals surface area contributed by atoms with Crippen LogP contribution in [0.4, 0.5) is 10.1 Å². The SMILES string of the molecule is Cc1ccc(C(=O)c2ncccc2N)cc1F. The highest BCUT2D eigenvalue weighted by atomic mass is 19.1. The molecular formula is C13H11FN2O. The standard InChI is InChI=1S/C13H11FN2O/c1-8-4-5-9(7-10(8)14)13(17)12-11(15)3-2-6-16-12/h2-7H,15H2,1H3. The van der Waals surface area contributed by atoms with Gasteiger partial charge in [-0.15, -0.1) is 0 Å². The lowest BCUT2D eigenvalue weighted by Crippen LogP contribution is -2.08. The molecule has 1 aromatic heterocycles. The van der Waals surface area contributed by atoms with E-state index in [2.05, 4.69) is 4.98 Å². The first-order chi connectivity index (χ1) is 8.09. The van der Waals surface area contributed by atoms with Gasteiger partial charge in [-0.1, -0.05) is 12.1 Å². The first-order valence-electron chi connectivity index (χ1n) is 5.11. The summed E-state index contributed by atoms with van der Waals surface area (Å²) >= 11 is 0. The zero-order valence-electron chi connectivity index (χ0n) is 9.27. The number of nitrogens with two attached hydrogens (primary N) is 1. The van der Waals surface area contributed by atoms with Gasteiger partial charge in [-0.05, 0) is 30.7 Å². The van der Waals surface area contributed by atoms with Gasteiger partial charge in [0.25, 0.3) is 0 Å². The van der Waals surface area contributed by atoms with E-state index in [-0.39, 0.29) is 17.0 Å². The second kappa shape index (κ2) is 4.33. The Morgan fingerprint density at radius 1 is 1.35 bits per heavy atom. The van der Waals surface area contributed by atoms with E-state index in [1.165, 1.54) is 12.3 Å². The molecule has 0 atom stereocenters. The molecule has 1 heterocycles. The molecular weight excluding hydrogens is 219 g/mol. The number of carbonyl (C=O) groups excluding carboxylic acids is 1. The number of halogens is 1. The van der Waals surface area contributed by atoms with Crippen LogP contribution in [0, 0.1) is 12.7 Å². The molecule has 0 fully saturated rings. The number of aromatic nitrogens is 1. The fraction of sp³-hybridized carbons (Fsp3) is 0.0769. The predicted octanol–water partition coefficient (Wildman–Crippen LogP) is 2.34. The van der Waals surface area contributed by atoms with Crippen LogP contribution < -0.4 is 5.73 Å². The molecule has 0 spiro atoms. The minimum atomic E-state index is -0.412. The third kappa shape index (κ3) is 2.15. The second-order valence-corrected chi connectivity index (χ2v) is 3.73. The number of ketones is 1. The molecule has 2 N–H and O–H groups in total. The molecule has 0 amide bonds. The quantitative estimate of drug-likeness (QED) is 0.805. The number of rotatable bonds is 2. The lowest BCUT2D eigenvalue weighted by atomic mass is 10.0. The Bertz CT molecular complexity index is 581. The Kier molecular flexibility index (Phi) is 2.87. The van der Waals surface area contributed by atoms with Crippen molar-refractivity contribution in [1.82, 2.24) is 4.98 Å². The molecule has 0 bridgehead atoms. The van der Waals surface area contributed by atoms with Gasteiger partial charge in [0.15, 0.2) is 0 Å². The third-order valence-corrected chi connectivity index (χ3v) is 2.49. The van der Waals surface area contributed by atoms with Crippen LogP contribution in [0.15, 0.2) is 36.5 Å². The third-order valence-electron chi connectivity index (χ3n) is 2.49. The molecule has 0 unspecified atom stereocenters. The molecule has 1 aromatic carbocycles. The maximum absolute atomic E-state index is 13.4. The van der Waals surface area contributed by atoms with E-state index in [0.29, 0.717) is 11.3 Å². The van der Waals surface area contributed by atoms with Crippen molar-refractivity contribution in [3.05, 3.63) is 59.2 Å². The summed E-state index contributed by atoms with van der Waals surface area (Å²) in [5.41, 5.74) is 6.83. The van der Waals surface area contributed by atoms with Crippen molar-refractivity contribution < 1.29 is 9.18 Å². The van der Waals surface area contributed by atoms with Crippen LogP contribution in [0.25, 0.3) is 0 Å². The number of hydrogen-bond acceptors (Lipinski definition) is 3. The van der Waals surface area contributed by atoms with Crippen molar-refractivity contribution in [1.29, 1.82) is 0 Å². The predicted molar refractivity (Wildman–Crippen MR) is 63.2 cm³/mol. The van der Waals surface area contributed by atoms with E-state index in [1.807, 2.05) is 0 Å². The molecule has 0 aliphatic heterocycles. The largest absolute Gasteiger partial charge is 0.397 e. The highest BCUT2D eigenvalue weighted by Crippen LogP contribution is 2.16. The summed E-state index contributed by atoms with van der Waals surface area (Å²) in [5.74, 6) is -0.785. The molecule has 0 saturated heterocycles. The van der Waals surface area contributed by atoms with Crippen molar-refractivity contribution in [3.63, 3.8) is 0 Å². The fourth-order valence-corrected chi connectivity index (χ4v) is 1.48. The zero-order chi connectivity index (χ0) is 12.4. The van der Waals surface area contributed by atoms with E-state index >= 15 is 0 Å². The van der Waals surface area contributed by atoms with Crippen LogP contribution in [-0.2, 0) is 0 Å². The van der Waals surface area contributed by atoms with Gasteiger partial charge >= 0.3 is 0 Å². The first kappa shape index (κ1) is 11.3. The summed E-state index contributed by atoms with van der Waals surface area (Å²) in [6.45, 7) is 1.64. The van der Waals surface area contributed by atoms with Gasteiger partial charge in [-0.2, -0.15) is 0 Å². The number of aryl methyl sites for hydroxylation is 1. The summed E-state index contributed by atoms with van der Waals surface area (Å²) in [4.78, 5) is 15.9. The van der Waals surface area contributed by atoms with Gasteiger partial charge < -0.3 is 5.73 Å². The number of pyridine rings is 1. The number of benzene rings is 1. The van der Waals surface area contributed by atoms with E-state index in [4.69, 9.17) is 5.73 Å². The van der Waals surface area contributed by atoms with E-state index in [0.717, 1.165) is 0 Å². The number of anilines is 1. The lowest BCUT2D eigenvalue weighted by Gasteiger charge is -2.04. The topological polar surface area (TPSA) is 56.0 Å². The average molecular weight is 230 g/mol. The molecule has 0 radical (unpaired) electrons. The van der Waals surface area contributed by atoms with Gasteiger partial charge in [0.05, 0.1) is 5.69 Å². The van der Waals surface area contributed by atoms with Crippen LogP contribution in [0.3, 0.4) is 0 Å². The van der Waals surface area contributed by atoms with Crippen LogP contribution in [0.2, 0.25) is 0 Å². The zero-order valence-corrected chi connectivity index (χ0v) is 9.27. The van der Waals surface area contributed by atoms with Crippen molar-refractivity contribution in [3.8, 4) is 0 Å². The molecule has 86 valence electrons. The highest BCUT2D eigenvalue weighted by molar-refractivity contribution is 6.10. The fourth-order valence-electron chi connectivity index (χ4n) is 1.48. The normalized spacial score (nSPS) is 10.2. The lowest BCUT2D eigenvalue weighted by molar-refractivity contribution is 0.103. The molecule has 17 heavy (non-hydrogen) atoms. The Labute approximate surface area is 98.1 Å². The van der Waals surface area contributed by atoms with Crippen LogP contribution in [-0.4, -0.2) is 10.8 Å². The maximum Gasteiger partial charge on any atom is 0.213 e. The van der Waals surface area contributed by atoms with E-state index in [1.54, 1.807) is 31.2 Å². The number of carbonyl (C=O) groups is 1. The smallest absolute Gasteiger partial charge is 0.213 e. The molecule has 2 aromatic rings. The van der Waals surface area contributed by atoms with E-state index in [9.17, 15) is 9.18 Å². The van der Waals surface area contributed by atoms with Gasteiger partial charge in [0.2, 0.25) is 5.78 Å². The molecule has 0 saturated carbocycles. The minimum absolute atomic E-state index is 0.149. The van der Waals surface area contributed by atoms with Gasteiger partial charge in [-0.25, -0.2) is 4.39 Å². The summed E-state index contributed by atoms with van der Waals surface area (Å²) in [5, 5.41) is 0. The summed E-state index contributed by atoms with van der Waals surface area (Å²) in [6.07, 6.45) is 1.48. The number of nitrogens with zero attached hydrogens (tertiary/aromatic N) is 1. The first-order valence-corrected chi connectivity index (χ1v) is 5.11. The Morgan fingerprint density at radius 2 is 2.12 bits per heavy atom. The maximum atomic E-state index is 13.4. The summed E-state index contributed by atoms with van der Waals surface area (Å²) < 4.78 is 13.4. The molecule has 3 nitrogen and oxygen atoms in total. The number of nitrogen functional groups attached to an aromatic ring is 1. The molecule has 4 heteroatoms. The van der Waals surface area contributed by atoms with Gasteiger partial charge in [-0.3, -0.25) is 9.78 Å². The molecule has 0 aliphatic rings. The van der Waals surface area contributed by atoms with E-state index < -0.39 is 5.82 Å². The van der Waals surface area contributed by atoms with Crippen LogP contribution >= 0.6 is 0 Å². The second-order valence-electron chi connectivity index (χ2n) is 3.73. The van der Waals surface area contributed by atoms with Crippen LogP contribution in [0.5, 0.6) is 0 Å². The minimum Gasteiger partial charge on any atom is -0.397 e. The molecule has 0 aliphatic carbocycles. The van der Waals surface area contributed by atoms with Crippen LogP contribution in [0.1, 0.15) is 21.6 Å². The average Bonchev–Trinajstić information content (AvgIpc) is 2.32. The highest BCUT2D eigenvalue weighted by Gasteiger charge is 2.14. The Hall–Kier alpha value is -2.23. The summed E-state index contributed by atoms with van der Waals surface area (Å²) in [7, 11) is 0. The van der Waals surface area contributed by atoms with Gasteiger partial charge in [0, 0.05) is 11.8 Å². The number of hydrogen-bond donors (Lipinski definition) is 1. The Morgan fingerprint density at radius 3 is 2.76 bits per heavy atom. The molecule has 2 rings (SSSR count). The van der Waals surface area contributed by atoms with Gasteiger partial charge in [0.1, 0.15) is 11.5 Å². The van der Waals surface area contributed by atoms with Crippen molar-refractivity contribution in [2.75, 3.05) is 5.73 Å². The van der Waals surface area contributed by atoms with Crippen molar-refractivity contribution in [2.24, 2.45) is 0 Å². The Balaban J connectivity index is 2.44. The van der Waals surface area contributed by atoms with Crippen molar-refractivity contribution >= 4 is 11.5 Å².